The predicted octanol–water partition coefficient (Wildman–Crippen LogP) is 1.58. The first kappa shape index (κ1) is 11.2. The van der Waals surface area contributed by atoms with Gasteiger partial charge in [-0.25, -0.2) is 0 Å². The quantitative estimate of drug-likeness (QED) is 0.837. The Balaban J connectivity index is 1.62. The summed E-state index contributed by atoms with van der Waals surface area (Å²) in [6, 6.07) is 4.32. The van der Waals surface area contributed by atoms with Crippen LogP contribution in [-0.4, -0.2) is 36.1 Å². The van der Waals surface area contributed by atoms with E-state index in [1.165, 1.54) is 50.3 Å². The highest BCUT2D eigenvalue weighted by Gasteiger charge is 2.40. The molecule has 0 radical (unpaired) electrons. The Hall–Kier alpha value is -0.930. The van der Waals surface area contributed by atoms with Crippen LogP contribution in [0.15, 0.2) is 18.3 Å². The van der Waals surface area contributed by atoms with Crippen molar-refractivity contribution in [2.75, 3.05) is 26.2 Å². The van der Waals surface area contributed by atoms with E-state index in [9.17, 15) is 0 Å². The van der Waals surface area contributed by atoms with Gasteiger partial charge in [0.25, 0.3) is 0 Å². The van der Waals surface area contributed by atoms with Crippen LogP contribution in [0.1, 0.15) is 24.1 Å². The minimum atomic E-state index is 0.574. The first-order valence-corrected chi connectivity index (χ1v) is 6.60. The molecule has 0 amide bonds. The monoisotopic (exact) mass is 231 g/mol. The van der Waals surface area contributed by atoms with Crippen LogP contribution in [0.2, 0.25) is 0 Å². The van der Waals surface area contributed by atoms with Gasteiger partial charge in [-0.2, -0.15) is 0 Å². The van der Waals surface area contributed by atoms with Crippen molar-refractivity contribution in [2.24, 2.45) is 5.41 Å². The minimum Gasteiger partial charge on any atom is -0.316 e. The van der Waals surface area contributed by atoms with Gasteiger partial charge in [-0.3, -0.25) is 9.88 Å². The molecule has 2 fully saturated rings. The van der Waals surface area contributed by atoms with Crippen molar-refractivity contribution < 1.29 is 0 Å². The molecule has 0 bridgehead atoms. The summed E-state index contributed by atoms with van der Waals surface area (Å²) in [5.74, 6) is 0. The highest BCUT2D eigenvalue weighted by Crippen LogP contribution is 2.36. The lowest BCUT2D eigenvalue weighted by atomic mass is 9.87. The number of aryl methyl sites for hydroxylation is 1. The number of hydrogen-bond donors (Lipinski definition) is 1. The molecule has 3 nitrogen and oxygen atoms in total. The van der Waals surface area contributed by atoms with Gasteiger partial charge < -0.3 is 5.32 Å². The van der Waals surface area contributed by atoms with Gasteiger partial charge in [0.1, 0.15) is 0 Å². The van der Waals surface area contributed by atoms with E-state index in [2.05, 4.69) is 34.3 Å². The summed E-state index contributed by atoms with van der Waals surface area (Å²) in [6.07, 6.45) is 4.68. The average Bonchev–Trinajstić information content (AvgIpc) is 2.94. The van der Waals surface area contributed by atoms with Gasteiger partial charge in [-0.15, -0.1) is 0 Å². The lowest BCUT2D eigenvalue weighted by Crippen LogP contribution is -2.29. The Bertz CT molecular complexity index is 379. The summed E-state index contributed by atoms with van der Waals surface area (Å²) in [5.41, 5.74) is 3.02. The van der Waals surface area contributed by atoms with E-state index in [1.54, 1.807) is 0 Å². The fourth-order valence-corrected chi connectivity index (χ4v) is 3.13. The number of aromatic nitrogens is 1. The zero-order valence-corrected chi connectivity index (χ0v) is 10.6. The van der Waals surface area contributed by atoms with E-state index in [-0.39, 0.29) is 0 Å². The highest BCUT2D eigenvalue weighted by molar-refractivity contribution is 5.12. The molecule has 1 atom stereocenters. The van der Waals surface area contributed by atoms with Crippen LogP contribution < -0.4 is 5.32 Å². The zero-order chi connectivity index (χ0) is 11.7. The van der Waals surface area contributed by atoms with Gasteiger partial charge in [-0.1, -0.05) is 6.07 Å². The Kier molecular flexibility index (Phi) is 2.89. The van der Waals surface area contributed by atoms with Gasteiger partial charge in [0, 0.05) is 25.8 Å². The maximum Gasteiger partial charge on any atom is 0.0544 e. The predicted molar refractivity (Wildman–Crippen MR) is 68.8 cm³/mol. The first-order valence-electron chi connectivity index (χ1n) is 6.60. The summed E-state index contributed by atoms with van der Waals surface area (Å²) < 4.78 is 0. The molecule has 0 saturated carbocycles. The number of nitrogens with one attached hydrogen (secondary N) is 1. The highest BCUT2D eigenvalue weighted by atomic mass is 15.2. The smallest absolute Gasteiger partial charge is 0.0544 e. The Morgan fingerprint density at radius 1 is 1.41 bits per heavy atom. The lowest BCUT2D eigenvalue weighted by Gasteiger charge is -2.22. The van der Waals surface area contributed by atoms with Gasteiger partial charge in [0.2, 0.25) is 0 Å². The van der Waals surface area contributed by atoms with Crippen molar-refractivity contribution in [3.05, 3.63) is 29.6 Å². The molecule has 2 aliphatic heterocycles. The van der Waals surface area contributed by atoms with E-state index in [1.807, 2.05) is 6.20 Å². The lowest BCUT2D eigenvalue weighted by molar-refractivity contribution is 0.266. The first-order chi connectivity index (χ1) is 8.26. The maximum atomic E-state index is 4.50. The summed E-state index contributed by atoms with van der Waals surface area (Å²) in [6.45, 7) is 8.00. The van der Waals surface area contributed by atoms with Crippen LogP contribution in [0, 0.1) is 12.3 Å². The van der Waals surface area contributed by atoms with E-state index in [0.29, 0.717) is 5.41 Å². The standard InChI is InChI=1S/C14H21N3/c1-12-2-3-13(16-8-12)9-17-7-5-14(11-17)4-6-15-10-14/h2-3,8,15H,4-7,9-11H2,1H3. The SMILES string of the molecule is Cc1ccc(CN2CCC3(CCNC3)C2)nc1. The molecule has 3 rings (SSSR count). The van der Waals surface area contributed by atoms with E-state index in [4.69, 9.17) is 0 Å². The van der Waals surface area contributed by atoms with Crippen LogP contribution in [0.3, 0.4) is 0 Å². The molecule has 2 aliphatic rings. The van der Waals surface area contributed by atoms with Crippen molar-refractivity contribution in [1.82, 2.24) is 15.2 Å². The van der Waals surface area contributed by atoms with Crippen molar-refractivity contribution >= 4 is 0 Å². The minimum absolute atomic E-state index is 0.574. The third kappa shape index (κ3) is 2.35. The van der Waals surface area contributed by atoms with Gasteiger partial charge >= 0.3 is 0 Å². The fraction of sp³-hybridized carbons (Fsp3) is 0.643. The van der Waals surface area contributed by atoms with Crippen molar-refractivity contribution in [3.8, 4) is 0 Å². The molecule has 3 heterocycles. The van der Waals surface area contributed by atoms with Crippen molar-refractivity contribution in [3.63, 3.8) is 0 Å². The fourth-order valence-electron chi connectivity index (χ4n) is 3.13. The second-order valence-electron chi connectivity index (χ2n) is 5.71. The number of pyridine rings is 1. The number of likely N-dealkylation sites (tertiary alicyclic amines) is 1. The van der Waals surface area contributed by atoms with Crippen LogP contribution >= 0.6 is 0 Å². The number of hydrogen-bond acceptors (Lipinski definition) is 3. The molecule has 1 aromatic heterocycles. The Morgan fingerprint density at radius 3 is 3.06 bits per heavy atom. The van der Waals surface area contributed by atoms with Crippen LogP contribution in [0.5, 0.6) is 0 Å². The third-order valence-corrected chi connectivity index (χ3v) is 4.21. The molecule has 1 aromatic rings. The van der Waals surface area contributed by atoms with Crippen molar-refractivity contribution in [1.29, 1.82) is 0 Å². The van der Waals surface area contributed by atoms with Gasteiger partial charge in [0.15, 0.2) is 0 Å². The second kappa shape index (κ2) is 4.39. The summed E-state index contributed by atoms with van der Waals surface area (Å²) in [5, 5.41) is 3.50. The molecule has 1 unspecified atom stereocenters. The van der Waals surface area contributed by atoms with E-state index >= 15 is 0 Å². The maximum absolute atomic E-state index is 4.50. The van der Waals surface area contributed by atoms with Crippen LogP contribution in [0.4, 0.5) is 0 Å². The Morgan fingerprint density at radius 2 is 2.35 bits per heavy atom. The molecule has 92 valence electrons. The second-order valence-corrected chi connectivity index (χ2v) is 5.71. The van der Waals surface area contributed by atoms with Crippen LogP contribution in [0.25, 0.3) is 0 Å². The molecule has 1 N–H and O–H groups in total. The normalized spacial score (nSPS) is 29.2. The van der Waals surface area contributed by atoms with Crippen molar-refractivity contribution in [2.45, 2.75) is 26.3 Å². The van der Waals surface area contributed by atoms with Gasteiger partial charge in [0.05, 0.1) is 5.69 Å². The molecular weight excluding hydrogens is 210 g/mol. The largest absolute Gasteiger partial charge is 0.316 e. The molecule has 3 heteroatoms. The summed E-state index contributed by atoms with van der Waals surface area (Å²) in [4.78, 5) is 7.06. The number of rotatable bonds is 2. The van der Waals surface area contributed by atoms with E-state index < -0.39 is 0 Å². The third-order valence-electron chi connectivity index (χ3n) is 4.21. The summed E-state index contributed by atoms with van der Waals surface area (Å²) in [7, 11) is 0. The average molecular weight is 231 g/mol. The molecular formula is C14H21N3. The molecule has 17 heavy (non-hydrogen) atoms. The topological polar surface area (TPSA) is 28.2 Å². The zero-order valence-electron chi connectivity index (χ0n) is 10.6. The molecule has 0 aliphatic carbocycles. The molecule has 2 saturated heterocycles. The number of nitrogens with zero attached hydrogens (tertiary/aromatic N) is 2. The molecule has 1 spiro atoms. The van der Waals surface area contributed by atoms with Crippen LogP contribution in [-0.2, 0) is 6.54 Å². The summed E-state index contributed by atoms with van der Waals surface area (Å²) >= 11 is 0. The van der Waals surface area contributed by atoms with E-state index in [0.717, 1.165) is 6.54 Å². The molecule has 0 aromatic carbocycles. The van der Waals surface area contributed by atoms with Gasteiger partial charge in [-0.05, 0) is 49.9 Å². The Labute approximate surface area is 103 Å².